The van der Waals surface area contributed by atoms with Gasteiger partial charge in [-0.05, 0) is 65.9 Å². The van der Waals surface area contributed by atoms with E-state index in [4.69, 9.17) is 23.2 Å². The zero-order valence-corrected chi connectivity index (χ0v) is 21.4. The third kappa shape index (κ3) is 6.35. The van der Waals surface area contributed by atoms with Gasteiger partial charge in [-0.15, -0.1) is 0 Å². The smallest absolute Gasteiger partial charge is 0.367 e. The molecular formula is C28H25Cl2F3N4. The van der Waals surface area contributed by atoms with Crippen LogP contribution in [0.25, 0.3) is 10.9 Å². The summed E-state index contributed by atoms with van der Waals surface area (Å²) < 4.78 is 38.3. The average Bonchev–Trinajstić information content (AvgIpc) is 2.87. The van der Waals surface area contributed by atoms with Gasteiger partial charge in [0.2, 0.25) is 0 Å². The fourth-order valence-electron chi connectivity index (χ4n) is 4.94. The first-order valence-corrected chi connectivity index (χ1v) is 12.8. The minimum absolute atomic E-state index is 0.0366. The van der Waals surface area contributed by atoms with Crippen LogP contribution < -0.4 is 5.32 Å². The van der Waals surface area contributed by atoms with Gasteiger partial charge in [0.15, 0.2) is 0 Å². The molecule has 0 spiro atoms. The number of alkyl halides is 3. The number of likely N-dealkylation sites (tertiary alicyclic amines) is 1. The van der Waals surface area contributed by atoms with Crippen molar-refractivity contribution < 1.29 is 13.2 Å². The predicted octanol–water partition coefficient (Wildman–Crippen LogP) is 7.56. The van der Waals surface area contributed by atoms with E-state index in [1.165, 1.54) is 11.2 Å². The average molecular weight is 545 g/mol. The van der Waals surface area contributed by atoms with Crippen LogP contribution >= 0.6 is 23.2 Å². The molecule has 1 saturated heterocycles. The highest BCUT2D eigenvalue weighted by molar-refractivity contribution is 6.30. The molecule has 0 radical (unpaired) electrons. The van der Waals surface area contributed by atoms with Crippen LogP contribution in [0.15, 0.2) is 73.1 Å². The van der Waals surface area contributed by atoms with E-state index in [-0.39, 0.29) is 12.0 Å². The molecule has 2 heterocycles. The van der Waals surface area contributed by atoms with Crippen LogP contribution in [0.2, 0.25) is 10.0 Å². The molecule has 0 bridgehead atoms. The third-order valence-corrected chi connectivity index (χ3v) is 7.23. The van der Waals surface area contributed by atoms with E-state index in [9.17, 15) is 13.2 Å². The number of piperidine rings is 1. The molecule has 0 amide bonds. The standard InChI is InChI=1S/C28H25Cl2F3N4/c29-21-6-1-18(2-7-21)26(19-3-8-22(30)9-4-19)20-5-10-25-24(15-20)27(35-17-34-25)36-23-11-13-37(14-12-23)16-28(31,32)33/h1-10,15,17,23,26H,11-14,16H2,(H,34,35,36). The maximum atomic E-state index is 12.8. The SMILES string of the molecule is FC(F)(F)CN1CCC(Nc2ncnc3ccc(C(c4ccc(Cl)cc4)c4ccc(Cl)cc4)cc23)CC1. The Morgan fingerprint density at radius 3 is 1.97 bits per heavy atom. The van der Waals surface area contributed by atoms with Gasteiger partial charge in [-0.1, -0.05) is 53.5 Å². The quantitative estimate of drug-likeness (QED) is 0.254. The van der Waals surface area contributed by atoms with Gasteiger partial charge in [0.1, 0.15) is 12.1 Å². The Morgan fingerprint density at radius 2 is 1.41 bits per heavy atom. The number of hydrogen-bond acceptors (Lipinski definition) is 4. The first-order chi connectivity index (χ1) is 17.7. The second-order valence-corrected chi connectivity index (χ2v) is 10.2. The summed E-state index contributed by atoms with van der Waals surface area (Å²) >= 11 is 12.3. The molecule has 1 fully saturated rings. The molecule has 0 saturated carbocycles. The van der Waals surface area contributed by atoms with Crippen LogP contribution in [0.1, 0.15) is 35.4 Å². The summed E-state index contributed by atoms with van der Waals surface area (Å²) in [6, 6.07) is 21.7. The summed E-state index contributed by atoms with van der Waals surface area (Å²) in [6.45, 7) is -0.0857. The van der Waals surface area contributed by atoms with Gasteiger partial charge < -0.3 is 5.32 Å². The van der Waals surface area contributed by atoms with Crippen molar-refractivity contribution in [3.05, 3.63) is 99.8 Å². The number of halogens is 5. The molecule has 0 unspecified atom stereocenters. The first kappa shape index (κ1) is 25.8. The number of hydrogen-bond donors (Lipinski definition) is 1. The van der Waals surface area contributed by atoms with Gasteiger partial charge in [0.05, 0.1) is 12.1 Å². The Bertz CT molecular complexity index is 1310. The molecular weight excluding hydrogens is 520 g/mol. The number of nitrogens with zero attached hydrogens (tertiary/aromatic N) is 3. The van der Waals surface area contributed by atoms with Crippen LogP contribution in [0.5, 0.6) is 0 Å². The van der Waals surface area contributed by atoms with Crippen molar-refractivity contribution >= 4 is 39.9 Å². The fraction of sp³-hybridized carbons (Fsp3) is 0.286. The van der Waals surface area contributed by atoms with Gasteiger partial charge in [-0.25, -0.2) is 9.97 Å². The molecule has 5 rings (SSSR count). The van der Waals surface area contributed by atoms with E-state index >= 15 is 0 Å². The maximum absolute atomic E-state index is 12.8. The monoisotopic (exact) mass is 544 g/mol. The minimum atomic E-state index is -4.18. The summed E-state index contributed by atoms with van der Waals surface area (Å²) in [6.07, 6.45) is -1.44. The Morgan fingerprint density at radius 1 is 0.838 bits per heavy atom. The van der Waals surface area contributed by atoms with Crippen LogP contribution in [0, 0.1) is 0 Å². The molecule has 1 N–H and O–H groups in total. The lowest BCUT2D eigenvalue weighted by atomic mass is 9.84. The molecule has 9 heteroatoms. The van der Waals surface area contributed by atoms with Crippen LogP contribution in [-0.4, -0.2) is 46.7 Å². The van der Waals surface area contributed by atoms with Gasteiger partial charge in [-0.2, -0.15) is 13.2 Å². The normalized spacial score (nSPS) is 15.4. The lowest BCUT2D eigenvalue weighted by molar-refractivity contribution is -0.147. The second-order valence-electron chi connectivity index (χ2n) is 9.34. The summed E-state index contributed by atoms with van der Waals surface area (Å²) in [4.78, 5) is 10.4. The van der Waals surface area contributed by atoms with E-state index < -0.39 is 12.7 Å². The summed E-state index contributed by atoms with van der Waals surface area (Å²) in [5, 5.41) is 5.67. The third-order valence-electron chi connectivity index (χ3n) is 6.73. The molecule has 1 aliphatic heterocycles. The number of nitrogens with one attached hydrogen (secondary N) is 1. The Kier molecular flexibility index (Phi) is 7.56. The number of benzene rings is 3. The highest BCUT2D eigenvalue weighted by Gasteiger charge is 2.32. The van der Waals surface area contributed by atoms with Crippen LogP contribution in [0.3, 0.4) is 0 Å². The van der Waals surface area contributed by atoms with E-state index in [0.717, 1.165) is 27.6 Å². The summed E-state index contributed by atoms with van der Waals surface area (Å²) in [5.74, 6) is 0.615. The highest BCUT2D eigenvalue weighted by Crippen LogP contribution is 2.35. The predicted molar refractivity (Wildman–Crippen MR) is 143 cm³/mol. The van der Waals surface area contributed by atoms with Crippen molar-refractivity contribution in [2.75, 3.05) is 25.0 Å². The minimum Gasteiger partial charge on any atom is -0.367 e. The molecule has 1 aliphatic rings. The van der Waals surface area contributed by atoms with Gasteiger partial charge >= 0.3 is 6.18 Å². The van der Waals surface area contributed by atoms with E-state index in [1.54, 1.807) is 0 Å². The molecule has 3 aromatic carbocycles. The number of fused-ring (bicyclic) bond motifs is 1. The molecule has 4 nitrogen and oxygen atoms in total. The van der Waals surface area contributed by atoms with E-state index in [2.05, 4.69) is 27.4 Å². The largest absolute Gasteiger partial charge is 0.401 e. The van der Waals surface area contributed by atoms with Gasteiger partial charge in [-0.3, -0.25) is 4.90 Å². The lowest BCUT2D eigenvalue weighted by Crippen LogP contribution is -2.43. The number of anilines is 1. The molecule has 37 heavy (non-hydrogen) atoms. The summed E-state index contributed by atoms with van der Waals surface area (Å²) in [5.41, 5.74) is 4.00. The Hall–Kier alpha value is -2.87. The van der Waals surface area contributed by atoms with Gasteiger partial charge in [0, 0.05) is 40.5 Å². The van der Waals surface area contributed by atoms with E-state index in [0.29, 0.717) is 41.8 Å². The van der Waals surface area contributed by atoms with Crippen LogP contribution in [-0.2, 0) is 0 Å². The van der Waals surface area contributed by atoms with Crippen molar-refractivity contribution in [3.8, 4) is 0 Å². The highest BCUT2D eigenvalue weighted by atomic mass is 35.5. The van der Waals surface area contributed by atoms with Crippen molar-refractivity contribution in [1.29, 1.82) is 0 Å². The molecule has 1 aromatic heterocycles. The Balaban J connectivity index is 1.45. The summed E-state index contributed by atoms with van der Waals surface area (Å²) in [7, 11) is 0. The number of rotatable bonds is 6. The molecule has 192 valence electrons. The molecule has 0 aliphatic carbocycles. The van der Waals surface area contributed by atoms with Crippen molar-refractivity contribution in [3.63, 3.8) is 0 Å². The number of aromatic nitrogens is 2. The zero-order valence-electron chi connectivity index (χ0n) is 19.8. The topological polar surface area (TPSA) is 41.0 Å². The molecule has 0 atom stereocenters. The van der Waals surface area contributed by atoms with Crippen LogP contribution in [0.4, 0.5) is 19.0 Å². The molecule has 4 aromatic rings. The second kappa shape index (κ2) is 10.9. The van der Waals surface area contributed by atoms with E-state index in [1.807, 2.05) is 54.6 Å². The van der Waals surface area contributed by atoms with Crippen molar-refractivity contribution in [1.82, 2.24) is 14.9 Å². The Labute approximate surface area is 223 Å². The van der Waals surface area contributed by atoms with Crippen molar-refractivity contribution in [2.45, 2.75) is 31.0 Å². The van der Waals surface area contributed by atoms with Crippen molar-refractivity contribution in [2.24, 2.45) is 0 Å². The maximum Gasteiger partial charge on any atom is 0.401 e. The van der Waals surface area contributed by atoms with Gasteiger partial charge in [0.25, 0.3) is 0 Å². The zero-order chi connectivity index (χ0) is 26.0. The lowest BCUT2D eigenvalue weighted by Gasteiger charge is -2.33. The first-order valence-electron chi connectivity index (χ1n) is 12.1. The fourth-order valence-corrected chi connectivity index (χ4v) is 5.19.